The third-order valence-electron chi connectivity index (χ3n) is 4.23. The van der Waals surface area contributed by atoms with Crippen molar-refractivity contribution in [2.45, 2.75) is 32.2 Å². The lowest BCUT2D eigenvalue weighted by Gasteiger charge is -2.32. The van der Waals surface area contributed by atoms with E-state index in [2.05, 4.69) is 0 Å². The predicted molar refractivity (Wildman–Crippen MR) is 84.4 cm³/mol. The largest absolute Gasteiger partial charge is 0.481 e. The monoisotopic (exact) mass is 313 g/mol. The zero-order chi connectivity index (χ0) is 16.6. The maximum atomic E-state index is 12.8. The lowest BCUT2D eigenvalue weighted by molar-refractivity contribution is -0.139. The number of carbonyl (C=O) groups excluding carboxylic acids is 1. The molecule has 3 rings (SSSR count). The smallest absolute Gasteiger partial charge is 0.312 e. The molecule has 1 aromatic carbocycles. The molecule has 23 heavy (non-hydrogen) atoms. The van der Waals surface area contributed by atoms with E-state index in [9.17, 15) is 14.7 Å². The van der Waals surface area contributed by atoms with E-state index in [1.165, 1.54) is 6.26 Å². The van der Waals surface area contributed by atoms with E-state index in [0.717, 1.165) is 11.1 Å². The standard InChI is InChI=1S/C18H19NO4/c1-11(2)16-14(7-8-23-16)17(20)19-9-12-5-3-4-6-13(12)15(10-19)18(21)22/h3-8,11,15H,9-10H2,1-2H3,(H,21,22). The average molecular weight is 313 g/mol. The van der Waals surface area contributed by atoms with Crippen LogP contribution in [0.1, 0.15) is 52.9 Å². The summed E-state index contributed by atoms with van der Waals surface area (Å²) in [7, 11) is 0. The first-order valence-electron chi connectivity index (χ1n) is 7.66. The molecule has 1 amide bonds. The molecule has 5 heteroatoms. The number of carboxylic acid groups (broad SMARTS) is 1. The van der Waals surface area contributed by atoms with E-state index in [1.807, 2.05) is 38.1 Å². The van der Waals surface area contributed by atoms with Crippen molar-refractivity contribution in [3.63, 3.8) is 0 Å². The number of aliphatic carboxylic acids is 1. The minimum atomic E-state index is -0.911. The van der Waals surface area contributed by atoms with Crippen LogP contribution in [-0.4, -0.2) is 28.4 Å². The normalized spacial score (nSPS) is 17.2. The average Bonchev–Trinajstić information content (AvgIpc) is 3.02. The topological polar surface area (TPSA) is 70.8 Å². The van der Waals surface area contributed by atoms with Gasteiger partial charge in [0, 0.05) is 19.0 Å². The Kier molecular flexibility index (Phi) is 3.94. The van der Waals surface area contributed by atoms with Crippen LogP contribution in [0.15, 0.2) is 41.0 Å². The van der Waals surface area contributed by atoms with Gasteiger partial charge < -0.3 is 14.4 Å². The van der Waals surface area contributed by atoms with Crippen molar-refractivity contribution in [1.29, 1.82) is 0 Å². The van der Waals surface area contributed by atoms with Crippen LogP contribution in [0.2, 0.25) is 0 Å². The van der Waals surface area contributed by atoms with E-state index >= 15 is 0 Å². The van der Waals surface area contributed by atoms with Crippen LogP contribution < -0.4 is 0 Å². The van der Waals surface area contributed by atoms with Gasteiger partial charge in [0.15, 0.2) is 0 Å². The molecule has 0 radical (unpaired) electrons. The van der Waals surface area contributed by atoms with Gasteiger partial charge in [0.05, 0.1) is 17.7 Å². The summed E-state index contributed by atoms with van der Waals surface area (Å²) in [6.45, 7) is 4.51. The molecule has 2 aromatic rings. The summed E-state index contributed by atoms with van der Waals surface area (Å²) >= 11 is 0. The quantitative estimate of drug-likeness (QED) is 0.944. The summed E-state index contributed by atoms with van der Waals surface area (Å²) in [6, 6.07) is 9.06. The highest BCUT2D eigenvalue weighted by Gasteiger charge is 2.34. The maximum absolute atomic E-state index is 12.8. The molecule has 1 atom stereocenters. The van der Waals surface area contributed by atoms with Gasteiger partial charge >= 0.3 is 5.97 Å². The Morgan fingerprint density at radius 3 is 2.70 bits per heavy atom. The lowest BCUT2D eigenvalue weighted by atomic mass is 9.89. The molecule has 0 saturated carbocycles. The van der Waals surface area contributed by atoms with Crippen LogP contribution in [0, 0.1) is 0 Å². The number of hydrogen-bond acceptors (Lipinski definition) is 3. The SMILES string of the molecule is CC(C)c1occc1C(=O)N1Cc2ccccc2C(C(=O)O)C1. The Bertz CT molecular complexity index is 747. The number of carboxylic acids is 1. The number of amides is 1. The second-order valence-electron chi connectivity index (χ2n) is 6.13. The zero-order valence-electron chi connectivity index (χ0n) is 13.2. The number of carbonyl (C=O) groups is 2. The highest BCUT2D eigenvalue weighted by atomic mass is 16.4. The Morgan fingerprint density at radius 1 is 1.26 bits per heavy atom. The van der Waals surface area contributed by atoms with Gasteiger partial charge in [0.2, 0.25) is 0 Å². The molecule has 0 bridgehead atoms. The molecule has 1 aliphatic heterocycles. The van der Waals surface area contributed by atoms with Gasteiger partial charge in [-0.1, -0.05) is 38.1 Å². The number of rotatable bonds is 3. The van der Waals surface area contributed by atoms with Gasteiger partial charge in [-0.2, -0.15) is 0 Å². The Hall–Kier alpha value is -2.56. The number of hydrogen-bond donors (Lipinski definition) is 1. The lowest BCUT2D eigenvalue weighted by Crippen LogP contribution is -2.40. The minimum absolute atomic E-state index is 0.0938. The first-order chi connectivity index (χ1) is 11.0. The van der Waals surface area contributed by atoms with Crippen molar-refractivity contribution in [2.24, 2.45) is 0 Å². The molecule has 1 aromatic heterocycles. The van der Waals surface area contributed by atoms with Crippen LogP contribution in [0.4, 0.5) is 0 Å². The van der Waals surface area contributed by atoms with E-state index < -0.39 is 11.9 Å². The molecule has 0 fully saturated rings. The Balaban J connectivity index is 1.94. The van der Waals surface area contributed by atoms with E-state index in [0.29, 0.717) is 17.9 Å². The van der Waals surface area contributed by atoms with E-state index in [1.54, 1.807) is 11.0 Å². The molecule has 5 nitrogen and oxygen atoms in total. The second-order valence-corrected chi connectivity index (χ2v) is 6.13. The molecule has 1 aliphatic rings. The van der Waals surface area contributed by atoms with Crippen LogP contribution in [0.5, 0.6) is 0 Å². The number of benzene rings is 1. The highest BCUT2D eigenvalue weighted by Crippen LogP contribution is 2.31. The summed E-state index contributed by atoms with van der Waals surface area (Å²) in [5, 5.41) is 9.50. The van der Waals surface area contributed by atoms with Gasteiger partial charge in [0.25, 0.3) is 5.91 Å². The van der Waals surface area contributed by atoms with Gasteiger partial charge in [-0.3, -0.25) is 9.59 Å². The predicted octanol–water partition coefficient (Wildman–Crippen LogP) is 3.23. The molecular formula is C18H19NO4. The second kappa shape index (κ2) is 5.91. The molecule has 0 spiro atoms. The highest BCUT2D eigenvalue weighted by molar-refractivity contribution is 5.96. The number of fused-ring (bicyclic) bond motifs is 1. The molecule has 120 valence electrons. The van der Waals surface area contributed by atoms with Crippen LogP contribution in [0.3, 0.4) is 0 Å². The molecular weight excluding hydrogens is 294 g/mol. The summed E-state index contributed by atoms with van der Waals surface area (Å²) in [5.74, 6) is -1.05. The van der Waals surface area contributed by atoms with Crippen LogP contribution in [-0.2, 0) is 11.3 Å². The van der Waals surface area contributed by atoms with Crippen molar-refractivity contribution in [1.82, 2.24) is 4.90 Å². The fourth-order valence-electron chi connectivity index (χ4n) is 3.09. The van der Waals surface area contributed by atoms with Crippen molar-refractivity contribution in [3.8, 4) is 0 Å². The van der Waals surface area contributed by atoms with Gasteiger partial charge in [0.1, 0.15) is 5.76 Å². The van der Waals surface area contributed by atoms with Crippen molar-refractivity contribution in [3.05, 3.63) is 59.0 Å². The van der Waals surface area contributed by atoms with Crippen molar-refractivity contribution < 1.29 is 19.1 Å². The molecule has 2 heterocycles. The van der Waals surface area contributed by atoms with Gasteiger partial charge in [-0.15, -0.1) is 0 Å². The molecule has 0 saturated heterocycles. The van der Waals surface area contributed by atoms with Crippen molar-refractivity contribution >= 4 is 11.9 Å². The first-order valence-corrected chi connectivity index (χ1v) is 7.66. The third-order valence-corrected chi connectivity index (χ3v) is 4.23. The molecule has 0 aliphatic carbocycles. The third kappa shape index (κ3) is 2.74. The molecule has 1 N–H and O–H groups in total. The maximum Gasteiger partial charge on any atom is 0.312 e. The van der Waals surface area contributed by atoms with Crippen molar-refractivity contribution in [2.75, 3.05) is 6.54 Å². The molecule has 1 unspecified atom stereocenters. The van der Waals surface area contributed by atoms with E-state index in [4.69, 9.17) is 4.42 Å². The summed E-state index contributed by atoms with van der Waals surface area (Å²) in [5.41, 5.74) is 2.19. The zero-order valence-corrected chi connectivity index (χ0v) is 13.2. The summed E-state index contributed by atoms with van der Waals surface area (Å²) < 4.78 is 5.42. The van der Waals surface area contributed by atoms with Gasteiger partial charge in [-0.05, 0) is 17.2 Å². The fourth-order valence-corrected chi connectivity index (χ4v) is 3.09. The number of nitrogens with zero attached hydrogens (tertiary/aromatic N) is 1. The van der Waals surface area contributed by atoms with Crippen LogP contribution >= 0.6 is 0 Å². The Labute approximate surface area is 134 Å². The summed E-state index contributed by atoms with van der Waals surface area (Å²) in [6.07, 6.45) is 1.51. The number of furan rings is 1. The fraction of sp³-hybridized carbons (Fsp3) is 0.333. The van der Waals surface area contributed by atoms with Gasteiger partial charge in [-0.25, -0.2) is 0 Å². The van der Waals surface area contributed by atoms with E-state index in [-0.39, 0.29) is 18.4 Å². The summed E-state index contributed by atoms with van der Waals surface area (Å²) in [4.78, 5) is 26.0. The first kappa shape index (κ1) is 15.3. The van der Waals surface area contributed by atoms with Crippen LogP contribution in [0.25, 0.3) is 0 Å². The Morgan fingerprint density at radius 2 is 2.00 bits per heavy atom. The minimum Gasteiger partial charge on any atom is -0.481 e.